The summed E-state index contributed by atoms with van der Waals surface area (Å²) in [6, 6.07) is 16.3. The number of benzene rings is 3. The van der Waals surface area contributed by atoms with Gasteiger partial charge < -0.3 is 10.2 Å². The highest BCUT2D eigenvalue weighted by molar-refractivity contribution is 6.51. The zero-order valence-corrected chi connectivity index (χ0v) is 17.0. The van der Waals surface area contributed by atoms with Crippen molar-refractivity contribution in [3.8, 4) is 5.75 Å². The van der Waals surface area contributed by atoms with Crippen molar-refractivity contribution in [2.45, 2.75) is 19.9 Å². The molecule has 0 aliphatic carbocycles. The lowest BCUT2D eigenvalue weighted by Gasteiger charge is -2.26. The Kier molecular flexibility index (Phi) is 5.07. The molecule has 0 radical (unpaired) electrons. The molecule has 1 unspecified atom stereocenters. The Labute approximate surface area is 178 Å². The van der Waals surface area contributed by atoms with E-state index in [-0.39, 0.29) is 16.9 Å². The van der Waals surface area contributed by atoms with Crippen LogP contribution in [0.5, 0.6) is 5.75 Å². The molecule has 0 saturated carbocycles. The van der Waals surface area contributed by atoms with Crippen LogP contribution >= 0.6 is 0 Å². The number of nitrogens with zero attached hydrogens (tertiary/aromatic N) is 1. The summed E-state index contributed by atoms with van der Waals surface area (Å²) >= 11 is 0. The molecule has 1 amide bonds. The van der Waals surface area contributed by atoms with Crippen LogP contribution in [0.3, 0.4) is 0 Å². The van der Waals surface area contributed by atoms with E-state index in [1.807, 2.05) is 19.1 Å². The fourth-order valence-corrected chi connectivity index (χ4v) is 3.87. The normalized spacial score (nSPS) is 17.9. The predicted molar refractivity (Wildman–Crippen MR) is 115 cm³/mol. The number of aromatic hydroxyl groups is 1. The van der Waals surface area contributed by atoms with Gasteiger partial charge in [-0.15, -0.1) is 0 Å². The summed E-state index contributed by atoms with van der Waals surface area (Å²) < 4.78 is 13.7. The smallest absolute Gasteiger partial charge is 0.300 e. The SMILES string of the molecule is Cc1cc(/C(O)=C2/C(=O)C(=O)N(c3ccccc3C)C2c2cccc(O)c2)ccc1F. The summed E-state index contributed by atoms with van der Waals surface area (Å²) in [5.41, 5.74) is 2.16. The molecule has 3 aromatic carbocycles. The van der Waals surface area contributed by atoms with Gasteiger partial charge in [0.1, 0.15) is 17.3 Å². The molecule has 31 heavy (non-hydrogen) atoms. The molecule has 0 bridgehead atoms. The molecule has 4 rings (SSSR count). The molecule has 1 aliphatic heterocycles. The quantitative estimate of drug-likeness (QED) is 0.365. The first-order chi connectivity index (χ1) is 14.8. The van der Waals surface area contributed by atoms with E-state index in [9.17, 15) is 24.2 Å². The minimum absolute atomic E-state index is 0.0366. The molecule has 1 fully saturated rings. The van der Waals surface area contributed by atoms with Crippen molar-refractivity contribution in [1.29, 1.82) is 0 Å². The summed E-state index contributed by atoms with van der Waals surface area (Å²) in [6.07, 6.45) is 0. The third-order valence-corrected chi connectivity index (χ3v) is 5.44. The van der Waals surface area contributed by atoms with Crippen molar-refractivity contribution in [1.82, 2.24) is 0 Å². The highest BCUT2D eigenvalue weighted by atomic mass is 19.1. The van der Waals surface area contributed by atoms with Crippen LogP contribution in [0.2, 0.25) is 0 Å². The summed E-state index contributed by atoms with van der Waals surface area (Å²) in [5, 5.41) is 21.1. The van der Waals surface area contributed by atoms with Crippen molar-refractivity contribution in [2.75, 3.05) is 4.90 Å². The summed E-state index contributed by atoms with van der Waals surface area (Å²) in [4.78, 5) is 27.5. The number of aryl methyl sites for hydroxylation is 2. The number of rotatable bonds is 3. The zero-order valence-electron chi connectivity index (χ0n) is 17.0. The van der Waals surface area contributed by atoms with Crippen molar-refractivity contribution in [3.63, 3.8) is 0 Å². The van der Waals surface area contributed by atoms with Gasteiger partial charge in [-0.25, -0.2) is 4.39 Å². The maximum absolute atomic E-state index is 13.7. The number of amides is 1. The van der Waals surface area contributed by atoms with Gasteiger partial charge in [0.2, 0.25) is 0 Å². The lowest BCUT2D eigenvalue weighted by molar-refractivity contribution is -0.132. The average molecular weight is 417 g/mol. The van der Waals surface area contributed by atoms with Gasteiger partial charge in [-0.05, 0) is 66.9 Å². The summed E-state index contributed by atoms with van der Waals surface area (Å²) in [6.45, 7) is 3.36. The Morgan fingerprint density at radius 1 is 0.935 bits per heavy atom. The maximum Gasteiger partial charge on any atom is 0.300 e. The molecule has 0 aromatic heterocycles. The molecule has 0 spiro atoms. The first-order valence-electron chi connectivity index (χ1n) is 9.71. The van der Waals surface area contributed by atoms with Crippen LogP contribution in [0.1, 0.15) is 28.3 Å². The summed E-state index contributed by atoms with van der Waals surface area (Å²) in [5.74, 6) is -2.52. The molecular formula is C25H20FNO4. The van der Waals surface area contributed by atoms with Gasteiger partial charge in [0.25, 0.3) is 11.7 Å². The van der Waals surface area contributed by atoms with Crippen LogP contribution in [-0.4, -0.2) is 21.9 Å². The maximum atomic E-state index is 13.7. The van der Waals surface area contributed by atoms with Gasteiger partial charge in [0.05, 0.1) is 11.6 Å². The molecule has 1 aliphatic rings. The van der Waals surface area contributed by atoms with Crippen LogP contribution in [0.4, 0.5) is 10.1 Å². The van der Waals surface area contributed by atoms with Crippen LogP contribution < -0.4 is 4.90 Å². The molecule has 1 atom stereocenters. The molecule has 5 nitrogen and oxygen atoms in total. The van der Waals surface area contributed by atoms with E-state index in [1.165, 1.54) is 35.2 Å². The number of anilines is 1. The Morgan fingerprint density at radius 2 is 1.68 bits per heavy atom. The highest BCUT2D eigenvalue weighted by Crippen LogP contribution is 2.43. The Balaban J connectivity index is 1.99. The van der Waals surface area contributed by atoms with E-state index in [4.69, 9.17) is 0 Å². The Hall–Kier alpha value is -3.93. The van der Waals surface area contributed by atoms with Crippen molar-refractivity contribution >= 4 is 23.1 Å². The third kappa shape index (κ3) is 3.46. The molecule has 2 N–H and O–H groups in total. The van der Waals surface area contributed by atoms with Crippen molar-refractivity contribution in [2.24, 2.45) is 0 Å². The van der Waals surface area contributed by atoms with E-state index >= 15 is 0 Å². The molecule has 156 valence electrons. The lowest BCUT2D eigenvalue weighted by Crippen LogP contribution is -2.30. The van der Waals surface area contributed by atoms with E-state index in [0.29, 0.717) is 16.8 Å². The number of aliphatic hydroxyl groups is 1. The van der Waals surface area contributed by atoms with Gasteiger partial charge in [0.15, 0.2) is 0 Å². The van der Waals surface area contributed by atoms with Gasteiger partial charge in [0, 0.05) is 11.3 Å². The van der Waals surface area contributed by atoms with E-state index in [1.54, 1.807) is 31.2 Å². The standard InChI is InChI=1S/C25H20FNO4/c1-14-6-3-4-9-20(14)27-22(16-7-5-8-18(28)13-16)21(24(30)25(27)31)23(29)17-10-11-19(26)15(2)12-17/h3-13,22,28-29H,1-2H3/b23-21-. The van der Waals surface area contributed by atoms with Crippen LogP contribution in [0.15, 0.2) is 72.3 Å². The fraction of sp³-hybridized carbons (Fsp3) is 0.120. The second kappa shape index (κ2) is 7.72. The number of phenolic OH excluding ortho intramolecular Hbond substituents is 1. The first kappa shape index (κ1) is 20.3. The lowest BCUT2D eigenvalue weighted by atomic mass is 9.94. The number of hydrogen-bond acceptors (Lipinski definition) is 4. The van der Waals surface area contributed by atoms with Crippen molar-refractivity contribution in [3.05, 3.63) is 100 Å². The van der Waals surface area contributed by atoms with Gasteiger partial charge >= 0.3 is 0 Å². The van der Waals surface area contributed by atoms with Crippen LogP contribution in [0.25, 0.3) is 5.76 Å². The van der Waals surface area contributed by atoms with Gasteiger partial charge in [-0.3, -0.25) is 14.5 Å². The molecule has 1 saturated heterocycles. The van der Waals surface area contributed by atoms with E-state index in [0.717, 1.165) is 5.56 Å². The van der Waals surface area contributed by atoms with E-state index < -0.39 is 29.3 Å². The second-order valence-electron chi connectivity index (χ2n) is 7.51. The average Bonchev–Trinajstić information content (AvgIpc) is 3.01. The van der Waals surface area contributed by atoms with Gasteiger partial charge in [-0.1, -0.05) is 30.3 Å². The predicted octanol–water partition coefficient (Wildman–Crippen LogP) is 4.77. The Bertz CT molecular complexity index is 1250. The topological polar surface area (TPSA) is 77.8 Å². The number of carbonyl (C=O) groups is 2. The minimum Gasteiger partial charge on any atom is -0.508 e. The van der Waals surface area contributed by atoms with Crippen LogP contribution in [0, 0.1) is 19.7 Å². The number of carbonyl (C=O) groups excluding carboxylic acids is 2. The molecule has 1 heterocycles. The van der Waals surface area contributed by atoms with Crippen molar-refractivity contribution < 1.29 is 24.2 Å². The molecule has 6 heteroatoms. The number of phenols is 1. The largest absolute Gasteiger partial charge is 0.508 e. The number of hydrogen-bond donors (Lipinski definition) is 2. The van der Waals surface area contributed by atoms with E-state index in [2.05, 4.69) is 0 Å². The zero-order chi connectivity index (χ0) is 22.3. The third-order valence-electron chi connectivity index (χ3n) is 5.44. The minimum atomic E-state index is -0.960. The van der Waals surface area contributed by atoms with Gasteiger partial charge in [-0.2, -0.15) is 0 Å². The van der Waals surface area contributed by atoms with Crippen LogP contribution in [-0.2, 0) is 9.59 Å². The first-order valence-corrected chi connectivity index (χ1v) is 9.71. The second-order valence-corrected chi connectivity index (χ2v) is 7.51. The summed E-state index contributed by atoms with van der Waals surface area (Å²) in [7, 11) is 0. The molecule has 3 aromatic rings. The number of ketones is 1. The fourth-order valence-electron chi connectivity index (χ4n) is 3.87. The monoisotopic (exact) mass is 417 g/mol. The number of halogens is 1. The Morgan fingerprint density at radius 3 is 2.35 bits per heavy atom. The number of para-hydroxylation sites is 1. The highest BCUT2D eigenvalue weighted by Gasteiger charge is 2.47. The molecular weight excluding hydrogens is 397 g/mol. The number of aliphatic hydroxyl groups excluding tert-OH is 1. The number of Topliss-reactive ketones (excluding diaryl/α,β-unsaturated/α-hetero) is 1.